The van der Waals surface area contributed by atoms with Crippen molar-refractivity contribution in [1.29, 1.82) is 0 Å². The van der Waals surface area contributed by atoms with Gasteiger partial charge in [0.25, 0.3) is 0 Å². The summed E-state index contributed by atoms with van der Waals surface area (Å²) in [7, 11) is 0. The Morgan fingerprint density at radius 1 is 1.30 bits per heavy atom. The third-order valence-electron chi connectivity index (χ3n) is 3.68. The fourth-order valence-electron chi connectivity index (χ4n) is 2.73. The summed E-state index contributed by atoms with van der Waals surface area (Å²) >= 11 is 1.34. The van der Waals surface area contributed by atoms with Gasteiger partial charge in [-0.15, -0.1) is 11.3 Å². The SMILES string of the molecule is O=C1CC[C@H](C(=O)Nc2sc3c(c2C(=O)O)CCC3)N1. The first-order valence-corrected chi connectivity index (χ1v) is 7.36. The number of carbonyl (C=O) groups is 3. The lowest BCUT2D eigenvalue weighted by atomic mass is 10.1. The Bertz CT molecular complexity index is 608. The number of hydrogen-bond donors (Lipinski definition) is 3. The lowest BCUT2D eigenvalue weighted by Gasteiger charge is -2.10. The van der Waals surface area contributed by atoms with Crippen LogP contribution in [0.4, 0.5) is 5.00 Å². The first-order valence-electron chi connectivity index (χ1n) is 6.54. The van der Waals surface area contributed by atoms with Crippen molar-refractivity contribution in [2.75, 3.05) is 5.32 Å². The zero-order valence-corrected chi connectivity index (χ0v) is 11.5. The number of thiophene rings is 1. The van der Waals surface area contributed by atoms with Crippen LogP contribution in [0.1, 0.15) is 40.1 Å². The van der Waals surface area contributed by atoms with Crippen molar-refractivity contribution in [3.8, 4) is 0 Å². The Morgan fingerprint density at radius 3 is 2.75 bits per heavy atom. The second kappa shape index (κ2) is 4.90. The minimum atomic E-state index is -1.00. The van der Waals surface area contributed by atoms with Crippen LogP contribution in [0.3, 0.4) is 0 Å². The number of aromatic carboxylic acids is 1. The van der Waals surface area contributed by atoms with Gasteiger partial charge in [-0.05, 0) is 31.2 Å². The zero-order valence-electron chi connectivity index (χ0n) is 10.7. The third kappa shape index (κ3) is 2.18. The van der Waals surface area contributed by atoms with E-state index >= 15 is 0 Å². The molecule has 2 heterocycles. The van der Waals surface area contributed by atoms with E-state index in [0.29, 0.717) is 17.8 Å². The van der Waals surface area contributed by atoms with Gasteiger partial charge in [-0.2, -0.15) is 0 Å². The number of fused-ring (bicyclic) bond motifs is 1. The van der Waals surface area contributed by atoms with Crippen molar-refractivity contribution in [1.82, 2.24) is 5.32 Å². The zero-order chi connectivity index (χ0) is 14.3. The van der Waals surface area contributed by atoms with Crippen LogP contribution >= 0.6 is 11.3 Å². The van der Waals surface area contributed by atoms with Crippen LogP contribution in [0.5, 0.6) is 0 Å². The Balaban J connectivity index is 1.82. The summed E-state index contributed by atoms with van der Waals surface area (Å²) in [5.74, 6) is -1.48. The molecule has 1 aromatic heterocycles. The number of carboxylic acids is 1. The van der Waals surface area contributed by atoms with Crippen molar-refractivity contribution in [2.45, 2.75) is 38.1 Å². The summed E-state index contributed by atoms with van der Waals surface area (Å²) in [6, 6.07) is -0.555. The normalized spacial score (nSPS) is 20.6. The van der Waals surface area contributed by atoms with Gasteiger partial charge in [-0.1, -0.05) is 0 Å². The largest absolute Gasteiger partial charge is 0.478 e. The first kappa shape index (κ1) is 13.1. The van der Waals surface area contributed by atoms with Gasteiger partial charge in [-0.3, -0.25) is 9.59 Å². The van der Waals surface area contributed by atoms with Crippen LogP contribution in [-0.2, 0) is 22.4 Å². The van der Waals surface area contributed by atoms with E-state index in [1.54, 1.807) is 0 Å². The van der Waals surface area contributed by atoms with Gasteiger partial charge in [0.2, 0.25) is 11.8 Å². The van der Waals surface area contributed by atoms with Crippen molar-refractivity contribution in [2.24, 2.45) is 0 Å². The van der Waals surface area contributed by atoms with Crippen LogP contribution in [0.15, 0.2) is 0 Å². The maximum atomic E-state index is 12.0. The summed E-state index contributed by atoms with van der Waals surface area (Å²) in [5, 5.41) is 15.0. The number of carboxylic acid groups (broad SMARTS) is 1. The lowest BCUT2D eigenvalue weighted by Crippen LogP contribution is -2.37. The van der Waals surface area contributed by atoms with Crippen molar-refractivity contribution < 1.29 is 19.5 Å². The second-order valence-corrected chi connectivity index (χ2v) is 6.12. The van der Waals surface area contributed by atoms with E-state index in [0.717, 1.165) is 29.7 Å². The molecule has 7 heteroatoms. The van der Waals surface area contributed by atoms with Gasteiger partial charge in [0.15, 0.2) is 0 Å². The fourth-order valence-corrected chi connectivity index (χ4v) is 4.01. The number of rotatable bonds is 3. The molecule has 0 unspecified atom stereocenters. The van der Waals surface area contributed by atoms with Crippen LogP contribution < -0.4 is 10.6 Å². The molecule has 1 atom stereocenters. The Kier molecular flexibility index (Phi) is 3.21. The summed E-state index contributed by atoms with van der Waals surface area (Å²) in [4.78, 5) is 35.6. The average Bonchev–Trinajstić information content (AvgIpc) is 3.03. The predicted octanol–water partition coefficient (Wildman–Crippen LogP) is 1.15. The maximum Gasteiger partial charge on any atom is 0.339 e. The van der Waals surface area contributed by atoms with Crippen molar-refractivity contribution >= 4 is 34.1 Å². The molecule has 0 radical (unpaired) electrons. The summed E-state index contributed by atoms with van der Waals surface area (Å²) in [5.41, 5.74) is 1.08. The molecule has 6 nitrogen and oxygen atoms in total. The van der Waals surface area contributed by atoms with Gasteiger partial charge < -0.3 is 15.7 Å². The molecule has 0 bridgehead atoms. The smallest absolute Gasteiger partial charge is 0.339 e. The molecule has 3 N–H and O–H groups in total. The minimum Gasteiger partial charge on any atom is -0.478 e. The van der Waals surface area contributed by atoms with E-state index in [1.165, 1.54) is 11.3 Å². The summed E-state index contributed by atoms with van der Waals surface area (Å²) in [6.45, 7) is 0. The van der Waals surface area contributed by atoms with Gasteiger partial charge >= 0.3 is 5.97 Å². The third-order valence-corrected chi connectivity index (χ3v) is 4.89. The number of carbonyl (C=O) groups excluding carboxylic acids is 2. The molecular weight excluding hydrogens is 280 g/mol. The number of aryl methyl sites for hydroxylation is 1. The average molecular weight is 294 g/mol. The molecule has 1 aliphatic carbocycles. The van der Waals surface area contributed by atoms with Crippen LogP contribution in [0, 0.1) is 0 Å². The van der Waals surface area contributed by atoms with Crippen LogP contribution in [0.25, 0.3) is 0 Å². The van der Waals surface area contributed by atoms with Crippen LogP contribution in [0.2, 0.25) is 0 Å². The van der Waals surface area contributed by atoms with E-state index in [1.807, 2.05) is 0 Å². The van der Waals surface area contributed by atoms with Gasteiger partial charge in [0.05, 0.1) is 5.56 Å². The highest BCUT2D eigenvalue weighted by molar-refractivity contribution is 7.17. The van der Waals surface area contributed by atoms with E-state index in [4.69, 9.17) is 0 Å². The number of nitrogens with one attached hydrogen (secondary N) is 2. The Morgan fingerprint density at radius 2 is 2.10 bits per heavy atom. The molecule has 0 aromatic carbocycles. The summed E-state index contributed by atoms with van der Waals surface area (Å²) in [6.07, 6.45) is 3.39. The molecule has 3 rings (SSSR count). The highest BCUT2D eigenvalue weighted by atomic mass is 32.1. The quantitative estimate of drug-likeness (QED) is 0.779. The molecule has 106 valence electrons. The molecule has 2 amide bonds. The lowest BCUT2D eigenvalue weighted by molar-refractivity contribution is -0.122. The van der Waals surface area contributed by atoms with Gasteiger partial charge in [-0.25, -0.2) is 4.79 Å². The molecular formula is C13H14N2O4S. The molecule has 1 aromatic rings. The fraction of sp³-hybridized carbons (Fsp3) is 0.462. The van der Waals surface area contributed by atoms with E-state index in [-0.39, 0.29) is 17.4 Å². The first-order chi connectivity index (χ1) is 9.56. The Hall–Kier alpha value is -1.89. The standard InChI is InChI=1S/C13H14N2O4S/c16-9-5-4-7(14-9)11(17)15-12-10(13(18)19)6-2-1-3-8(6)20-12/h7H,1-5H2,(H,14,16)(H,15,17)(H,18,19)/t7-/m1/s1. The molecule has 1 saturated heterocycles. The van der Waals surface area contributed by atoms with E-state index in [2.05, 4.69) is 10.6 Å². The van der Waals surface area contributed by atoms with E-state index < -0.39 is 12.0 Å². The molecule has 0 spiro atoms. The molecule has 0 saturated carbocycles. The maximum absolute atomic E-state index is 12.0. The van der Waals surface area contributed by atoms with Crippen LogP contribution in [-0.4, -0.2) is 28.9 Å². The molecule has 2 aliphatic rings. The predicted molar refractivity (Wildman–Crippen MR) is 73.1 cm³/mol. The van der Waals surface area contributed by atoms with Crippen molar-refractivity contribution in [3.05, 3.63) is 16.0 Å². The minimum absolute atomic E-state index is 0.141. The topological polar surface area (TPSA) is 95.5 Å². The highest BCUT2D eigenvalue weighted by Gasteiger charge is 2.31. The second-order valence-electron chi connectivity index (χ2n) is 5.01. The molecule has 20 heavy (non-hydrogen) atoms. The van der Waals surface area contributed by atoms with Crippen molar-refractivity contribution in [3.63, 3.8) is 0 Å². The number of anilines is 1. The van der Waals surface area contributed by atoms with Gasteiger partial charge in [0.1, 0.15) is 11.0 Å². The molecule has 1 aliphatic heterocycles. The summed E-state index contributed by atoms with van der Waals surface area (Å²) < 4.78 is 0. The Labute approximate surface area is 119 Å². The van der Waals surface area contributed by atoms with Gasteiger partial charge in [0, 0.05) is 11.3 Å². The highest BCUT2D eigenvalue weighted by Crippen LogP contribution is 2.39. The molecule has 1 fully saturated rings. The number of amides is 2. The monoisotopic (exact) mass is 294 g/mol. The van der Waals surface area contributed by atoms with E-state index in [9.17, 15) is 19.5 Å². The number of hydrogen-bond acceptors (Lipinski definition) is 4.